The van der Waals surface area contributed by atoms with Crippen molar-refractivity contribution in [1.82, 2.24) is 40.7 Å². The monoisotopic (exact) mass is 1490 g/mol. The van der Waals surface area contributed by atoms with Gasteiger partial charge in [0, 0.05) is 152 Å². The average molecular weight is 1500 g/mol. The van der Waals surface area contributed by atoms with Gasteiger partial charge in [0.05, 0.1) is 25.8 Å². The number of aromatic amines is 3. The third-order valence-corrected chi connectivity index (χ3v) is 22.9. The van der Waals surface area contributed by atoms with Gasteiger partial charge in [0.1, 0.15) is 0 Å². The number of hydrogen-bond donors (Lipinski definition) is 6. The number of carbonyl (C=O) groups excluding carboxylic acids is 3. The molecule has 3 aliphatic carbocycles. The number of ether oxygens (including phenoxy) is 1. The number of pyridine rings is 3. The molecule has 0 bridgehead atoms. The molecule has 4 fully saturated rings. The quantitative estimate of drug-likeness (QED) is 0.0354. The lowest BCUT2D eigenvalue weighted by atomic mass is 9.75. The lowest BCUT2D eigenvalue weighted by Crippen LogP contribution is -2.53. The van der Waals surface area contributed by atoms with Crippen LogP contribution in [0.1, 0.15) is 210 Å². The van der Waals surface area contributed by atoms with Crippen LogP contribution in [0.4, 0.5) is 25.8 Å². The van der Waals surface area contributed by atoms with Gasteiger partial charge in [-0.15, -0.1) is 0 Å². The van der Waals surface area contributed by atoms with E-state index < -0.39 is 6.43 Å². The lowest BCUT2D eigenvalue weighted by molar-refractivity contribution is -0.0738. The summed E-state index contributed by atoms with van der Waals surface area (Å²) in [6.07, 6.45) is 10.4. The number of benzene rings is 3. The van der Waals surface area contributed by atoms with Gasteiger partial charge in [-0.25, -0.2) is 8.78 Å². The van der Waals surface area contributed by atoms with Crippen LogP contribution in [0.5, 0.6) is 0 Å². The minimum atomic E-state index is -2.33. The van der Waals surface area contributed by atoms with Crippen molar-refractivity contribution in [2.45, 2.75) is 236 Å². The third kappa shape index (κ3) is 21.0. The zero-order valence-corrected chi connectivity index (χ0v) is 66.3. The van der Waals surface area contributed by atoms with Gasteiger partial charge >= 0.3 is 0 Å². The van der Waals surface area contributed by atoms with Crippen LogP contribution in [0.2, 0.25) is 15.1 Å². The van der Waals surface area contributed by atoms with Crippen molar-refractivity contribution in [3.05, 3.63) is 185 Å². The molecular formula is C81H112Cl3F2N11O7. The Morgan fingerprint density at radius 2 is 0.769 bits per heavy atom. The number of nitrogens with one attached hydrogen (secondary N) is 6. The second kappa shape index (κ2) is 37.0. The minimum Gasteiger partial charge on any atom is -0.378 e. The Kier molecular flexibility index (Phi) is 29.4. The maximum atomic E-state index is 13.2. The van der Waals surface area contributed by atoms with E-state index in [2.05, 4.69) is 92.2 Å². The number of rotatable bonds is 23. The van der Waals surface area contributed by atoms with Crippen LogP contribution in [-0.2, 0) is 24.4 Å². The highest BCUT2D eigenvalue weighted by atomic mass is 35.5. The maximum absolute atomic E-state index is 13.2. The molecule has 0 unspecified atom stereocenters. The van der Waals surface area contributed by atoms with E-state index in [1.54, 1.807) is 30.1 Å². The summed E-state index contributed by atoms with van der Waals surface area (Å²) < 4.78 is 31.0. The predicted octanol–water partition coefficient (Wildman–Crippen LogP) is 15.2. The van der Waals surface area contributed by atoms with Crippen LogP contribution in [0.15, 0.2) is 69.0 Å². The smallest absolute Gasteiger partial charge is 0.253 e. The molecule has 0 spiro atoms. The van der Waals surface area contributed by atoms with Crippen molar-refractivity contribution >= 4 is 69.6 Å². The third-order valence-electron chi connectivity index (χ3n) is 22.3. The van der Waals surface area contributed by atoms with Crippen LogP contribution < -0.4 is 47.3 Å². The second-order valence-corrected chi connectivity index (χ2v) is 31.3. The molecule has 4 aliphatic rings. The van der Waals surface area contributed by atoms with Gasteiger partial charge in [0.15, 0.2) is 0 Å². The Morgan fingerprint density at radius 3 is 1.05 bits per heavy atom. The molecule has 0 radical (unpaired) electrons. The fourth-order valence-electron chi connectivity index (χ4n) is 16.0. The minimum absolute atomic E-state index is 0.120. The summed E-state index contributed by atoms with van der Waals surface area (Å²) in [4.78, 5) is 96.2. The van der Waals surface area contributed by atoms with E-state index >= 15 is 0 Å². The predicted molar refractivity (Wildman–Crippen MR) is 420 cm³/mol. The van der Waals surface area contributed by atoms with Crippen molar-refractivity contribution in [1.29, 1.82) is 0 Å². The van der Waals surface area contributed by atoms with Crippen LogP contribution >= 0.6 is 34.8 Å². The van der Waals surface area contributed by atoms with Gasteiger partial charge in [-0.2, -0.15) is 0 Å². The van der Waals surface area contributed by atoms with Crippen LogP contribution in [0.3, 0.4) is 0 Å². The lowest BCUT2D eigenvalue weighted by Gasteiger charge is -2.44. The average Bonchev–Trinajstić information content (AvgIpc) is 0.790. The molecule has 104 heavy (non-hydrogen) atoms. The van der Waals surface area contributed by atoms with Crippen molar-refractivity contribution < 1.29 is 27.9 Å². The number of carbonyl (C=O) groups is 3. The molecule has 1 saturated heterocycles. The molecule has 6 aromatic rings. The SMILES string of the molecule is CCN(c1cc(Cl)cc(C(=O)NCc2c(C)cc(C)[nH]c2=O)c1C)C1CCC(C)(C)CC1.CCN(c1cc(Cl)cc(C(=O)NCc2c(C)cc(C)[nH]c2=O)c1C)C1CCC(N(C)C2COC2)CC1.CCN(c1cc(Cl)cc(C(=O)NCc2c(C)cc(C)[nH]c2=O)c1C)C1CCC(N(C)CC(F)F)CC1. The molecule has 6 N–H and O–H groups in total. The Labute approximate surface area is 629 Å². The highest BCUT2D eigenvalue weighted by Gasteiger charge is 2.36. The molecule has 10 rings (SSSR count). The Bertz CT molecular complexity index is 4170. The molecule has 4 heterocycles. The van der Waals surface area contributed by atoms with E-state index in [-0.39, 0.29) is 72.7 Å². The van der Waals surface area contributed by atoms with Crippen LogP contribution in [-0.4, -0.2) is 139 Å². The number of aromatic nitrogens is 3. The first-order valence-electron chi connectivity index (χ1n) is 37.1. The summed E-state index contributed by atoms with van der Waals surface area (Å²) in [7, 11) is 4.00. The van der Waals surface area contributed by atoms with E-state index in [9.17, 15) is 37.5 Å². The van der Waals surface area contributed by atoms with Crippen molar-refractivity contribution in [2.24, 2.45) is 5.41 Å². The molecule has 3 amide bonds. The van der Waals surface area contributed by atoms with E-state index in [0.717, 1.165) is 165 Å². The zero-order valence-electron chi connectivity index (χ0n) is 64.1. The number of nitrogens with zero attached hydrogens (tertiary/aromatic N) is 5. The van der Waals surface area contributed by atoms with Gasteiger partial charge in [-0.1, -0.05) is 48.7 Å². The number of aryl methyl sites for hydroxylation is 6. The van der Waals surface area contributed by atoms with Crippen molar-refractivity contribution in [3.63, 3.8) is 0 Å². The Balaban J connectivity index is 0.000000198. The van der Waals surface area contributed by atoms with E-state index in [1.165, 1.54) is 12.8 Å². The fourth-order valence-corrected chi connectivity index (χ4v) is 16.6. The van der Waals surface area contributed by atoms with Crippen molar-refractivity contribution in [2.75, 3.05) is 68.2 Å². The summed E-state index contributed by atoms with van der Waals surface area (Å²) in [5, 5.41) is 10.3. The number of hydrogen-bond acceptors (Lipinski definition) is 12. The molecule has 3 saturated carbocycles. The van der Waals surface area contributed by atoms with E-state index in [4.69, 9.17) is 39.5 Å². The first-order valence-corrected chi connectivity index (χ1v) is 38.3. The molecule has 3 aromatic heterocycles. The number of alkyl halides is 2. The summed E-state index contributed by atoms with van der Waals surface area (Å²) in [5.74, 6) is -0.727. The summed E-state index contributed by atoms with van der Waals surface area (Å²) in [5.41, 5.74) is 13.7. The number of H-pyrrole nitrogens is 3. The Hall–Kier alpha value is -7.07. The Morgan fingerprint density at radius 1 is 0.471 bits per heavy atom. The van der Waals surface area contributed by atoms with Gasteiger partial charge < -0.3 is 50.3 Å². The molecular weight excluding hydrogens is 1380 g/mol. The molecule has 23 heteroatoms. The van der Waals surface area contributed by atoms with Crippen LogP contribution in [0, 0.1) is 67.7 Å². The molecule has 3 aromatic carbocycles. The number of amides is 3. The first-order chi connectivity index (χ1) is 49.2. The fraction of sp³-hybridized carbons (Fsp3) is 0.556. The van der Waals surface area contributed by atoms with Crippen molar-refractivity contribution in [3.8, 4) is 0 Å². The first kappa shape index (κ1) is 82.6. The van der Waals surface area contributed by atoms with Crippen LogP contribution in [0.25, 0.3) is 0 Å². The van der Waals surface area contributed by atoms with E-state index in [0.29, 0.717) is 78.0 Å². The maximum Gasteiger partial charge on any atom is 0.253 e. The summed E-state index contributed by atoms with van der Waals surface area (Å²) >= 11 is 19.5. The summed E-state index contributed by atoms with van der Waals surface area (Å²) in [6, 6.07) is 19.1. The standard InChI is InChI=1S/C28H39ClN4O3.C27H37ClF2N4O2.C26H36ClN3O2/c1-6-33(22-9-7-21(8-10-22)32(5)23-15-36-16-23)26-13-20(29)12-24(19(26)4)27(34)30-14-25-17(2)11-18(3)31-28(25)35;1-6-34(21-9-7-20(8-10-21)33(5)15-25(29)30)24-13-19(28)12-22(18(24)4)26(35)31-14-23-16(2)11-17(3)32-27(23)36;1-7-30(20-8-10-26(5,6)11-9-20)23-14-19(27)13-21(18(23)4)24(31)28-15-22-16(2)12-17(3)29-25(22)32/h11-13,21-23H,6-10,14-16H2,1-5H3,(H,30,34)(H,31,35);11-13,20-21,25H,6-10,14-15H2,1-5H3,(H,31,35)(H,32,36);12-14,20H,7-11,15H2,1-6H3,(H,28,31)(H,29,32). The highest BCUT2D eigenvalue weighted by Crippen LogP contribution is 2.41. The highest BCUT2D eigenvalue weighted by molar-refractivity contribution is 6.32. The molecule has 0 atom stereocenters. The van der Waals surface area contributed by atoms with E-state index in [1.807, 2.05) is 98.7 Å². The van der Waals surface area contributed by atoms with Gasteiger partial charge in [-0.3, -0.25) is 38.6 Å². The molecule has 18 nitrogen and oxygen atoms in total. The van der Waals surface area contributed by atoms with Gasteiger partial charge in [0.25, 0.3) is 40.8 Å². The number of likely N-dealkylation sites (N-methyl/N-ethyl adjacent to an activating group) is 1. The molecule has 1 aliphatic heterocycles. The number of anilines is 3. The normalized spacial score (nSPS) is 18.2. The largest absolute Gasteiger partial charge is 0.378 e. The zero-order chi connectivity index (χ0) is 76.2. The summed E-state index contributed by atoms with van der Waals surface area (Å²) in [6.45, 7) is 32.5. The molecule has 568 valence electrons. The second-order valence-electron chi connectivity index (χ2n) is 30.0. The van der Waals surface area contributed by atoms with Gasteiger partial charge in [-0.05, 0) is 268 Å². The number of halogens is 5. The topological polar surface area (TPSA) is 211 Å². The van der Waals surface area contributed by atoms with Gasteiger partial charge in [0.2, 0.25) is 0 Å².